The standard InChI is InChI=1S/C32H47NO3S/c1-30(2,3)29(33-34)20-25(37(35)24-9-7-6-8-10-24)19-22-12-14-27-26-13-11-23-21-36-18-17-32(23,5)28(26)15-16-31(22,27)4/h6-11,22,25-29H,12-21H2,1-5H3. The highest BCUT2D eigenvalue weighted by Gasteiger charge is 2.59. The van der Waals surface area contributed by atoms with Crippen LogP contribution in [0.15, 0.2) is 52.1 Å². The molecule has 3 aliphatic carbocycles. The normalized spacial score (nSPS) is 37.9. The number of hydrogen-bond acceptors (Lipinski definition) is 4. The first kappa shape index (κ1) is 27.4. The van der Waals surface area contributed by atoms with Crippen molar-refractivity contribution in [3.63, 3.8) is 0 Å². The molecule has 9 unspecified atom stereocenters. The lowest BCUT2D eigenvalue weighted by Gasteiger charge is -2.57. The molecule has 4 aliphatic rings. The van der Waals surface area contributed by atoms with E-state index in [0.29, 0.717) is 23.2 Å². The van der Waals surface area contributed by atoms with Gasteiger partial charge in [-0.3, -0.25) is 0 Å². The van der Waals surface area contributed by atoms with Crippen LogP contribution in [0.1, 0.15) is 86.0 Å². The number of rotatable bonds is 7. The van der Waals surface area contributed by atoms with Crippen molar-refractivity contribution in [3.8, 4) is 0 Å². The van der Waals surface area contributed by atoms with Gasteiger partial charge in [-0.2, -0.15) is 4.91 Å². The van der Waals surface area contributed by atoms with Crippen molar-refractivity contribution in [2.45, 2.75) is 102 Å². The first-order valence-electron chi connectivity index (χ1n) is 14.6. The Labute approximate surface area is 227 Å². The minimum atomic E-state index is -1.15. The number of benzene rings is 1. The first-order chi connectivity index (χ1) is 17.6. The molecule has 3 fully saturated rings. The van der Waals surface area contributed by atoms with Crippen LogP contribution >= 0.6 is 0 Å². The Bertz CT molecular complexity index is 989. The molecule has 9 atom stereocenters. The number of nitroso groups, excluding NO2 is 1. The van der Waals surface area contributed by atoms with Crippen molar-refractivity contribution >= 4 is 11.2 Å². The zero-order valence-electron chi connectivity index (χ0n) is 23.6. The van der Waals surface area contributed by atoms with Gasteiger partial charge >= 0.3 is 0 Å². The molecule has 37 heavy (non-hydrogen) atoms. The Balaban J connectivity index is 1.38. The largest absolute Gasteiger partial charge is 0.611 e. The summed E-state index contributed by atoms with van der Waals surface area (Å²) in [6, 6.07) is 9.55. The van der Waals surface area contributed by atoms with Gasteiger partial charge < -0.3 is 9.29 Å². The fourth-order valence-corrected chi connectivity index (χ4v) is 10.4. The van der Waals surface area contributed by atoms with Gasteiger partial charge in [0.2, 0.25) is 0 Å². The molecule has 1 aromatic carbocycles. The van der Waals surface area contributed by atoms with Gasteiger partial charge in [0, 0.05) is 13.0 Å². The van der Waals surface area contributed by atoms with Crippen molar-refractivity contribution in [2.24, 2.45) is 45.1 Å². The molecule has 2 saturated carbocycles. The Kier molecular flexibility index (Phi) is 7.72. The lowest BCUT2D eigenvalue weighted by Crippen LogP contribution is -2.51. The lowest BCUT2D eigenvalue weighted by atomic mass is 9.48. The minimum Gasteiger partial charge on any atom is -0.611 e. The first-order valence-corrected chi connectivity index (χ1v) is 15.8. The van der Waals surface area contributed by atoms with E-state index in [-0.39, 0.29) is 16.7 Å². The summed E-state index contributed by atoms with van der Waals surface area (Å²) in [6.45, 7) is 13.0. The molecular formula is C32H47NO3S. The van der Waals surface area contributed by atoms with E-state index in [4.69, 9.17) is 4.74 Å². The fourth-order valence-electron chi connectivity index (χ4n) is 8.83. The zero-order chi connectivity index (χ0) is 26.4. The number of allylic oxidation sites excluding steroid dienone is 1. The maximum Gasteiger partial charge on any atom is 0.152 e. The molecule has 4 nitrogen and oxygen atoms in total. The van der Waals surface area contributed by atoms with Crippen LogP contribution in [-0.2, 0) is 15.9 Å². The van der Waals surface area contributed by atoms with Crippen LogP contribution in [0.25, 0.3) is 0 Å². The molecule has 0 aromatic heterocycles. The molecule has 5 rings (SSSR count). The van der Waals surface area contributed by atoms with E-state index in [0.717, 1.165) is 48.7 Å². The molecule has 0 N–H and O–H groups in total. The van der Waals surface area contributed by atoms with Gasteiger partial charge in [-0.25, -0.2) is 0 Å². The van der Waals surface area contributed by atoms with Crippen molar-refractivity contribution in [1.82, 2.24) is 0 Å². The van der Waals surface area contributed by atoms with Crippen molar-refractivity contribution < 1.29 is 9.29 Å². The zero-order valence-corrected chi connectivity index (χ0v) is 24.4. The second kappa shape index (κ2) is 10.4. The van der Waals surface area contributed by atoms with E-state index in [1.165, 1.54) is 32.1 Å². The Morgan fingerprint density at radius 3 is 2.57 bits per heavy atom. The predicted molar refractivity (Wildman–Crippen MR) is 152 cm³/mol. The van der Waals surface area contributed by atoms with Crippen molar-refractivity contribution in [2.75, 3.05) is 13.2 Å². The molecule has 1 aliphatic heterocycles. The summed E-state index contributed by atoms with van der Waals surface area (Å²) >= 11 is -1.15. The number of fused-ring (bicyclic) bond motifs is 5. The van der Waals surface area contributed by atoms with Gasteiger partial charge in [0.05, 0.1) is 6.61 Å². The Morgan fingerprint density at radius 2 is 1.86 bits per heavy atom. The number of nitrogens with zero attached hydrogens (tertiary/aromatic N) is 1. The lowest BCUT2D eigenvalue weighted by molar-refractivity contribution is -0.0619. The van der Waals surface area contributed by atoms with Crippen LogP contribution in [0.2, 0.25) is 0 Å². The van der Waals surface area contributed by atoms with Gasteiger partial charge in [0.15, 0.2) is 4.90 Å². The summed E-state index contributed by atoms with van der Waals surface area (Å²) < 4.78 is 19.8. The number of ether oxygens (including phenoxy) is 1. The van der Waals surface area contributed by atoms with E-state index in [2.05, 4.69) is 45.9 Å². The monoisotopic (exact) mass is 525 g/mol. The molecule has 0 bridgehead atoms. The van der Waals surface area contributed by atoms with E-state index < -0.39 is 11.2 Å². The molecule has 0 radical (unpaired) electrons. The van der Waals surface area contributed by atoms with Crippen LogP contribution in [-0.4, -0.2) is 29.1 Å². The maximum atomic E-state index is 14.0. The summed E-state index contributed by atoms with van der Waals surface area (Å²) in [5.41, 5.74) is 1.94. The molecule has 1 aromatic rings. The van der Waals surface area contributed by atoms with Gasteiger partial charge in [-0.15, -0.1) is 0 Å². The SMILES string of the molecule is CC(C)(C)C(CC(CC1CCC2C3CC=C4COCCC4(C)C3CCC12C)[S+]([O-])c1ccccc1)N=O. The Morgan fingerprint density at radius 1 is 1.11 bits per heavy atom. The number of hydrogen-bond donors (Lipinski definition) is 0. The molecule has 5 heteroatoms. The summed E-state index contributed by atoms with van der Waals surface area (Å²) in [6.07, 6.45) is 11.5. The molecule has 0 spiro atoms. The van der Waals surface area contributed by atoms with Crippen LogP contribution in [0.3, 0.4) is 0 Å². The molecule has 1 heterocycles. The van der Waals surface area contributed by atoms with E-state index in [1.807, 2.05) is 30.3 Å². The highest BCUT2D eigenvalue weighted by Crippen LogP contribution is 2.66. The maximum absolute atomic E-state index is 14.0. The molecule has 1 saturated heterocycles. The second-order valence-corrected chi connectivity index (χ2v) is 15.8. The topological polar surface area (TPSA) is 61.7 Å². The van der Waals surface area contributed by atoms with Crippen molar-refractivity contribution in [1.29, 1.82) is 0 Å². The van der Waals surface area contributed by atoms with Crippen LogP contribution in [0, 0.1) is 44.8 Å². The molecular weight excluding hydrogens is 478 g/mol. The highest BCUT2D eigenvalue weighted by molar-refractivity contribution is 7.92. The fraction of sp³-hybridized carbons (Fsp3) is 0.750. The van der Waals surface area contributed by atoms with Gasteiger partial charge in [-0.1, -0.05) is 64.1 Å². The second-order valence-electron chi connectivity index (χ2n) is 14.1. The summed E-state index contributed by atoms with van der Waals surface area (Å²) in [7, 11) is 0. The predicted octanol–water partition coefficient (Wildman–Crippen LogP) is 7.94. The summed E-state index contributed by atoms with van der Waals surface area (Å²) in [4.78, 5) is 12.8. The Hall–Kier alpha value is -1.17. The van der Waals surface area contributed by atoms with Crippen LogP contribution in [0.4, 0.5) is 0 Å². The third-order valence-corrected chi connectivity index (χ3v) is 13.0. The van der Waals surface area contributed by atoms with Gasteiger partial charge in [0.1, 0.15) is 11.3 Å². The third kappa shape index (κ3) is 4.98. The van der Waals surface area contributed by atoms with Gasteiger partial charge in [0.25, 0.3) is 0 Å². The van der Waals surface area contributed by atoms with Crippen molar-refractivity contribution in [3.05, 3.63) is 46.9 Å². The average Bonchev–Trinajstić information content (AvgIpc) is 3.21. The average molecular weight is 526 g/mol. The molecule has 204 valence electrons. The van der Waals surface area contributed by atoms with Crippen LogP contribution < -0.4 is 0 Å². The third-order valence-electron chi connectivity index (χ3n) is 11.3. The molecule has 0 amide bonds. The van der Waals surface area contributed by atoms with E-state index >= 15 is 0 Å². The summed E-state index contributed by atoms with van der Waals surface area (Å²) in [5.74, 6) is 2.82. The summed E-state index contributed by atoms with van der Waals surface area (Å²) in [5, 5.41) is 3.50. The van der Waals surface area contributed by atoms with Gasteiger partial charge in [-0.05, 0) is 114 Å². The highest BCUT2D eigenvalue weighted by atomic mass is 32.2. The minimum absolute atomic E-state index is 0.0477. The van der Waals surface area contributed by atoms with E-state index in [1.54, 1.807) is 5.57 Å². The van der Waals surface area contributed by atoms with Crippen LogP contribution in [0.5, 0.6) is 0 Å². The quantitative estimate of drug-likeness (QED) is 0.206. The van der Waals surface area contributed by atoms with E-state index in [9.17, 15) is 9.46 Å². The smallest absolute Gasteiger partial charge is 0.152 e.